The van der Waals surface area contributed by atoms with Crippen molar-refractivity contribution in [3.63, 3.8) is 0 Å². The van der Waals surface area contributed by atoms with Crippen LogP contribution in [0.3, 0.4) is 0 Å². The van der Waals surface area contributed by atoms with Crippen LogP contribution in [0.2, 0.25) is 0 Å². The van der Waals surface area contributed by atoms with E-state index in [-0.39, 0.29) is 95.4 Å². The van der Waals surface area contributed by atoms with Crippen molar-refractivity contribution in [3.8, 4) is 34.2 Å². The van der Waals surface area contributed by atoms with Crippen molar-refractivity contribution in [1.29, 1.82) is 5.41 Å². The Morgan fingerprint density at radius 2 is 1.22 bits per heavy atom. The Kier molecular flexibility index (Phi) is 22.0. The molecule has 25 heteroatoms. The van der Waals surface area contributed by atoms with Crippen LogP contribution in [0.25, 0.3) is 76.0 Å². The first-order valence-electron chi connectivity index (χ1n) is 21.1. The molecule has 6 rings (SSSR count). The van der Waals surface area contributed by atoms with Gasteiger partial charge in [-0.05, 0) is 114 Å². The van der Waals surface area contributed by atoms with E-state index in [0.29, 0.717) is 17.7 Å². The Labute approximate surface area is 431 Å². The Bertz CT molecular complexity index is 2990. The molecule has 0 aliphatic heterocycles. The summed E-state index contributed by atoms with van der Waals surface area (Å²) in [5.74, 6) is 0. The molecular formula is C49H37F9N8O6RuS. The molecule has 2 N–H and O–H groups in total. The maximum absolute atomic E-state index is 13.9. The number of nitrogens with one attached hydrogen (secondary N) is 2. The Balaban J connectivity index is 0.000000316. The normalized spacial score (nSPS) is 12.4. The van der Waals surface area contributed by atoms with Crippen LogP contribution in [0.4, 0.5) is 39.5 Å². The van der Waals surface area contributed by atoms with Crippen LogP contribution < -0.4 is 5.10 Å². The largest absolute Gasteiger partial charge is 2.00 e. The van der Waals surface area contributed by atoms with Gasteiger partial charge in [0.1, 0.15) is 11.4 Å². The molecule has 386 valence electrons. The van der Waals surface area contributed by atoms with E-state index in [4.69, 9.17) is 11.1 Å². The summed E-state index contributed by atoms with van der Waals surface area (Å²) in [6.07, 6.45) is 4.99. The molecule has 6 heterocycles. The number of hydrogen-bond acceptors (Lipinski definition) is 13. The van der Waals surface area contributed by atoms with Gasteiger partial charge in [0.25, 0.3) is 37.5 Å². The molecule has 0 fully saturated rings. The molecule has 0 atom stereocenters. The molecule has 6 aromatic rings. The molecule has 0 saturated carbocycles. The first-order valence-corrected chi connectivity index (χ1v) is 21.9. The number of allylic oxidation sites excluding steroid dienone is 1. The molecule has 0 spiro atoms. The average molecular weight is 1140 g/mol. The molecule has 0 aliphatic carbocycles. The second-order valence-corrected chi connectivity index (χ2v) is 16.0. The SMILES string of the molecule is CCCCCCc1ccc(/C=C/c2cc(/C([NH-])=C/C(=N)C(F)(F)F)nc(-c3cc(C(F)(F)F)n[n-]3)c2)s1.O=CO/C(F)=C/c1ccnc(-c2cc(/C=C(\F)OC=O)cc(-c3cc(/C=C(\F)OC=O)ccn3)n2)c1.[Ru+2]. The van der Waals surface area contributed by atoms with Gasteiger partial charge in [-0.25, -0.2) is 4.98 Å². The van der Waals surface area contributed by atoms with E-state index in [2.05, 4.69) is 51.3 Å². The summed E-state index contributed by atoms with van der Waals surface area (Å²) < 4.78 is 131. The van der Waals surface area contributed by atoms with Gasteiger partial charge in [0.05, 0.1) is 28.5 Å². The zero-order chi connectivity index (χ0) is 53.1. The summed E-state index contributed by atoms with van der Waals surface area (Å²) in [6, 6.07) is 12.4. The van der Waals surface area contributed by atoms with Crippen molar-refractivity contribution in [2.24, 2.45) is 0 Å². The first kappa shape index (κ1) is 58.7. The summed E-state index contributed by atoms with van der Waals surface area (Å²) >= 11 is 1.59. The minimum absolute atomic E-state index is 0. The van der Waals surface area contributed by atoms with E-state index in [0.717, 1.165) is 48.8 Å². The number of alkyl halides is 6. The fraction of sp³-hybridized carbons (Fsp3) is 0.163. The average Bonchev–Trinajstić information content (AvgIpc) is 4.04. The third kappa shape index (κ3) is 18.3. The number of unbranched alkanes of at least 4 members (excludes halogenated alkanes) is 3. The van der Waals surface area contributed by atoms with Gasteiger partial charge in [-0.1, -0.05) is 38.0 Å². The summed E-state index contributed by atoms with van der Waals surface area (Å²) in [5.41, 5.74) is 5.61. The molecular weight excluding hydrogens is 1100 g/mol. The summed E-state index contributed by atoms with van der Waals surface area (Å²) in [4.78, 5) is 50.0. The number of halogens is 9. The van der Waals surface area contributed by atoms with Gasteiger partial charge in [-0.3, -0.25) is 34.7 Å². The van der Waals surface area contributed by atoms with Gasteiger partial charge in [0.15, 0.2) is 0 Å². The molecule has 6 aromatic heterocycles. The fourth-order valence-corrected chi connectivity index (χ4v) is 7.14. The van der Waals surface area contributed by atoms with Crippen molar-refractivity contribution in [2.75, 3.05) is 0 Å². The van der Waals surface area contributed by atoms with E-state index in [1.165, 1.54) is 72.2 Å². The van der Waals surface area contributed by atoms with Crippen molar-refractivity contribution < 1.29 is 87.6 Å². The molecule has 0 bridgehead atoms. The summed E-state index contributed by atoms with van der Waals surface area (Å²) in [6.45, 7) is 1.92. The maximum atomic E-state index is 13.9. The molecule has 0 saturated heterocycles. The van der Waals surface area contributed by atoms with Crippen LogP contribution in [-0.4, -0.2) is 56.3 Å². The number of thiophene rings is 1. The van der Waals surface area contributed by atoms with Gasteiger partial charge in [-0.2, -0.15) is 39.5 Å². The van der Waals surface area contributed by atoms with E-state index < -0.39 is 47.5 Å². The standard InChI is InChI=1S/C25H23F6N5S.C24H14F3N3O6.Ru/c1-2-3-4-5-6-16-9-10-17(37-16)8-7-15-11-19(18(32)13-22(33)24(26,27)28)34-20(12-15)21-14-23(36-35-21)25(29,30)31;25-22(34-12-31)9-15-1-3-28-18(5-15)20-7-17(11-24(27)36-14-33)8-21(30-20)19-6-16(2-4-29-19)10-23(26)35-13-32;/h7-14,32-33H,2-6H2,1H3;1-14H;/q-2;;+2/b8-7+,18-13-,33-22?;22-9+,23-10+,24-11+;. The van der Waals surface area contributed by atoms with Crippen molar-refractivity contribution in [1.82, 2.24) is 30.1 Å². The Morgan fingerprint density at radius 3 is 1.73 bits per heavy atom. The fourth-order valence-electron chi connectivity index (χ4n) is 6.18. The third-order valence-corrected chi connectivity index (χ3v) is 10.6. The van der Waals surface area contributed by atoms with Gasteiger partial charge in [0.2, 0.25) is 0 Å². The van der Waals surface area contributed by atoms with Crippen molar-refractivity contribution >= 4 is 72.5 Å². The van der Waals surface area contributed by atoms with Gasteiger partial charge >= 0.3 is 31.8 Å². The Morgan fingerprint density at radius 1 is 0.676 bits per heavy atom. The summed E-state index contributed by atoms with van der Waals surface area (Å²) in [7, 11) is 0. The molecule has 0 radical (unpaired) electrons. The summed E-state index contributed by atoms with van der Waals surface area (Å²) in [5, 5.41) is 13.7. The van der Waals surface area contributed by atoms with Gasteiger partial charge < -0.3 is 30.1 Å². The number of pyridine rings is 4. The second-order valence-electron chi connectivity index (χ2n) is 14.8. The molecule has 0 unspecified atom stereocenters. The predicted octanol–water partition coefficient (Wildman–Crippen LogP) is 13.0. The van der Waals surface area contributed by atoms with Crippen LogP contribution in [0, 0.1) is 5.41 Å². The second kappa shape index (κ2) is 27.8. The van der Waals surface area contributed by atoms with Crippen LogP contribution in [0.1, 0.15) is 76.0 Å². The molecule has 14 nitrogen and oxygen atoms in total. The van der Waals surface area contributed by atoms with Crippen molar-refractivity contribution in [2.45, 2.75) is 51.4 Å². The first-order chi connectivity index (χ1) is 34.8. The molecule has 0 aromatic carbocycles. The third-order valence-electron chi connectivity index (χ3n) is 9.47. The van der Waals surface area contributed by atoms with Gasteiger partial charge in [-0.15, -0.1) is 17.0 Å². The zero-order valence-corrected chi connectivity index (χ0v) is 40.6. The monoisotopic (exact) mass is 1140 g/mol. The Hall–Kier alpha value is -7.92. The zero-order valence-electron chi connectivity index (χ0n) is 38.0. The molecule has 0 aliphatic rings. The minimum Gasteiger partial charge on any atom is -0.697 e. The number of carbonyl (C=O) groups excluding carboxylic acids is 3. The number of hydrogen-bond donors (Lipinski definition) is 1. The van der Waals surface area contributed by atoms with E-state index in [1.54, 1.807) is 23.5 Å². The van der Waals surface area contributed by atoms with Crippen LogP contribution in [0.5, 0.6) is 0 Å². The number of aromatic nitrogens is 6. The van der Waals surface area contributed by atoms with Crippen LogP contribution in [-0.2, 0) is 60.7 Å². The van der Waals surface area contributed by atoms with Gasteiger partial charge in [0, 0.05) is 46.1 Å². The van der Waals surface area contributed by atoms with E-state index in [9.17, 15) is 53.9 Å². The number of nitrogens with zero attached hydrogens (tertiary/aromatic N) is 6. The topological polar surface area (TPSA) is 205 Å². The van der Waals surface area contributed by atoms with E-state index >= 15 is 0 Å². The van der Waals surface area contributed by atoms with Crippen LogP contribution in [0.15, 0.2) is 103 Å². The molecule has 74 heavy (non-hydrogen) atoms. The quantitative estimate of drug-likeness (QED) is 0.0136. The minimum atomic E-state index is -4.96. The number of rotatable bonds is 21. The number of carbonyl (C=O) groups is 3. The van der Waals surface area contributed by atoms with Crippen molar-refractivity contribution in [3.05, 3.63) is 152 Å². The smallest absolute Gasteiger partial charge is 0.697 e. The van der Waals surface area contributed by atoms with Crippen LogP contribution >= 0.6 is 11.3 Å². The molecule has 0 amide bonds. The number of aryl methyl sites for hydroxylation is 1. The maximum Gasteiger partial charge on any atom is 2.00 e. The number of ether oxygens (including phenoxy) is 3. The van der Waals surface area contributed by atoms with E-state index in [1.807, 2.05) is 12.1 Å². The predicted molar refractivity (Wildman–Crippen MR) is 252 cm³/mol.